The molecule has 1 aromatic heterocycles. The standard InChI is InChI=1S/C56H70FN11O11/c1-34(69)49(56(79)66-42(28-35-16-5-2-6-17-35)51(74)61-27-15-25-48(71)72)67-52(75)41(23-13-14-26-58)62-55(78)45(31-38-33-68(57)46-24-12-11-22-39(38)46)65-54(77)44(30-37-20-9-4-10-21-37)64-53(76)43(29-36-18-7-3-8-19-36)63-50(73)40(59)32-47(60)70/h2-12,16-22,24,33-34,40-45,49,69H,13-15,23,25-32,58-59H2,1H3,(H2,60,70)(H,61,74)(H,62,78)(H,63,73)(H,64,76)(H,65,77)(H,66,79)(H,67,75)(H,71,72)/t34-,40+,41+,42+,43+,44+,45-,49+/m1/s1. The number of aliphatic hydroxyl groups excluding tert-OH is 1. The molecule has 8 atom stereocenters. The molecular formula is C56H70FN11O11. The Kier molecular flexibility index (Phi) is 24.1. The lowest BCUT2D eigenvalue weighted by molar-refractivity contribution is -0.137. The van der Waals surface area contributed by atoms with Gasteiger partial charge in [0.15, 0.2) is 0 Å². The summed E-state index contributed by atoms with van der Waals surface area (Å²) in [6.45, 7) is 1.43. The molecule has 0 saturated carbocycles. The number of amides is 8. The molecule has 4 aromatic carbocycles. The third kappa shape index (κ3) is 19.8. The summed E-state index contributed by atoms with van der Waals surface area (Å²) in [5.74, 6) is -8.01. The van der Waals surface area contributed by atoms with Crippen molar-refractivity contribution in [3.8, 4) is 0 Å². The third-order valence-corrected chi connectivity index (χ3v) is 12.8. The van der Waals surface area contributed by atoms with Crippen LogP contribution in [0.15, 0.2) is 121 Å². The van der Waals surface area contributed by atoms with E-state index in [0.29, 0.717) is 33.3 Å². The van der Waals surface area contributed by atoms with Crippen LogP contribution in [0.2, 0.25) is 0 Å². The molecule has 0 fully saturated rings. The summed E-state index contributed by atoms with van der Waals surface area (Å²) in [7, 11) is 0. The van der Waals surface area contributed by atoms with Gasteiger partial charge in [0.05, 0.1) is 24.1 Å². The zero-order chi connectivity index (χ0) is 57.4. The number of aliphatic hydroxyl groups is 1. The van der Waals surface area contributed by atoms with Crippen LogP contribution in [0.1, 0.15) is 67.7 Å². The molecule has 0 aliphatic carbocycles. The number of aromatic nitrogens is 1. The van der Waals surface area contributed by atoms with Crippen LogP contribution in [0.25, 0.3) is 10.9 Å². The first-order chi connectivity index (χ1) is 37.8. The van der Waals surface area contributed by atoms with Gasteiger partial charge >= 0.3 is 5.97 Å². The number of rotatable bonds is 32. The number of aliphatic carboxylic acids is 1. The molecule has 22 nitrogen and oxygen atoms in total. The van der Waals surface area contributed by atoms with Crippen molar-refractivity contribution < 1.29 is 57.8 Å². The number of halogens is 1. The van der Waals surface area contributed by atoms with Crippen LogP contribution in [0.3, 0.4) is 0 Å². The Labute approximate surface area is 456 Å². The zero-order valence-electron chi connectivity index (χ0n) is 43.8. The van der Waals surface area contributed by atoms with E-state index in [-0.39, 0.29) is 75.5 Å². The molecule has 0 saturated heterocycles. The van der Waals surface area contributed by atoms with E-state index in [1.807, 2.05) is 0 Å². The Morgan fingerprint density at radius 1 is 0.557 bits per heavy atom. The summed E-state index contributed by atoms with van der Waals surface area (Å²) < 4.78 is 15.4. The summed E-state index contributed by atoms with van der Waals surface area (Å²) in [5, 5.41) is 38.8. The maximum Gasteiger partial charge on any atom is 0.303 e. The molecule has 79 heavy (non-hydrogen) atoms. The van der Waals surface area contributed by atoms with Crippen molar-refractivity contribution in [1.29, 1.82) is 0 Å². The quantitative estimate of drug-likeness (QED) is 0.0257. The molecule has 1 heterocycles. The number of para-hydroxylation sites is 1. The van der Waals surface area contributed by atoms with Crippen LogP contribution in [-0.2, 0) is 68.8 Å². The van der Waals surface area contributed by atoms with Gasteiger partial charge in [-0.1, -0.05) is 114 Å². The van der Waals surface area contributed by atoms with E-state index in [0.717, 1.165) is 6.20 Å². The van der Waals surface area contributed by atoms with E-state index in [4.69, 9.17) is 22.3 Å². The van der Waals surface area contributed by atoms with Gasteiger partial charge in [-0.25, -0.2) is 0 Å². The number of fused-ring (bicyclic) bond motifs is 1. The average Bonchev–Trinajstić information content (AvgIpc) is 3.80. The Balaban J connectivity index is 1.45. The van der Waals surface area contributed by atoms with Crippen molar-refractivity contribution in [2.24, 2.45) is 17.2 Å². The molecule has 422 valence electrons. The minimum Gasteiger partial charge on any atom is -0.481 e. The third-order valence-electron chi connectivity index (χ3n) is 12.8. The van der Waals surface area contributed by atoms with E-state index >= 15 is 4.48 Å². The van der Waals surface area contributed by atoms with Crippen LogP contribution in [0, 0.1) is 0 Å². The topological polar surface area (TPSA) is 361 Å². The van der Waals surface area contributed by atoms with Crippen molar-refractivity contribution >= 4 is 64.1 Å². The van der Waals surface area contributed by atoms with Crippen LogP contribution < -0.4 is 54.4 Å². The molecule has 5 rings (SSSR count). The number of nitrogens with zero attached hydrogens (tertiary/aromatic N) is 1. The summed E-state index contributed by atoms with van der Waals surface area (Å²) >= 11 is 0. The maximum absolute atomic E-state index is 15.4. The first-order valence-electron chi connectivity index (χ1n) is 25.9. The van der Waals surface area contributed by atoms with Crippen molar-refractivity contribution in [1.82, 2.24) is 42.0 Å². The fourth-order valence-electron chi connectivity index (χ4n) is 8.64. The van der Waals surface area contributed by atoms with Gasteiger partial charge in [-0.3, -0.25) is 43.2 Å². The minimum atomic E-state index is -1.69. The van der Waals surface area contributed by atoms with E-state index in [1.54, 1.807) is 109 Å². The van der Waals surface area contributed by atoms with E-state index in [9.17, 15) is 48.3 Å². The lowest BCUT2D eigenvalue weighted by Crippen LogP contribution is -2.62. The number of primary amides is 1. The highest BCUT2D eigenvalue weighted by molar-refractivity contribution is 5.98. The molecular weight excluding hydrogens is 1020 g/mol. The molecule has 0 aliphatic heterocycles. The number of carbonyl (C=O) groups excluding carboxylic acids is 8. The monoisotopic (exact) mass is 1090 g/mol. The maximum atomic E-state index is 15.4. The Morgan fingerprint density at radius 3 is 1.49 bits per heavy atom. The number of nitrogens with two attached hydrogens (primary N) is 3. The van der Waals surface area contributed by atoms with E-state index in [1.165, 1.54) is 13.0 Å². The van der Waals surface area contributed by atoms with Gasteiger partial charge < -0.3 is 64.6 Å². The number of carbonyl (C=O) groups is 9. The number of carboxylic acid groups (broad SMARTS) is 1. The van der Waals surface area contributed by atoms with Gasteiger partial charge in [-0.15, -0.1) is 0 Å². The van der Waals surface area contributed by atoms with E-state index < -0.39 is 108 Å². The van der Waals surface area contributed by atoms with Gasteiger partial charge in [-0.05, 0) is 67.5 Å². The normalized spacial score (nSPS) is 14.1. The largest absolute Gasteiger partial charge is 0.481 e. The molecule has 23 heteroatoms. The predicted octanol–water partition coefficient (Wildman–Crippen LogP) is 0.247. The lowest BCUT2D eigenvalue weighted by Gasteiger charge is -2.28. The summed E-state index contributed by atoms with van der Waals surface area (Å²) in [6.07, 6.45) is -1.04. The molecule has 0 aliphatic rings. The van der Waals surface area contributed by atoms with Crippen LogP contribution >= 0.6 is 0 Å². The van der Waals surface area contributed by atoms with Crippen molar-refractivity contribution in [3.05, 3.63) is 144 Å². The summed E-state index contributed by atoms with van der Waals surface area (Å²) in [4.78, 5) is 122. The second-order valence-corrected chi connectivity index (χ2v) is 19.1. The van der Waals surface area contributed by atoms with Gasteiger partial charge in [0, 0.05) is 50.2 Å². The highest BCUT2D eigenvalue weighted by atomic mass is 19.2. The predicted molar refractivity (Wildman–Crippen MR) is 290 cm³/mol. The van der Waals surface area contributed by atoms with Crippen molar-refractivity contribution in [3.63, 3.8) is 0 Å². The highest BCUT2D eigenvalue weighted by Gasteiger charge is 2.36. The molecule has 0 bridgehead atoms. The van der Waals surface area contributed by atoms with Gasteiger partial charge in [-0.2, -0.15) is 4.79 Å². The average molecular weight is 1090 g/mol. The Hall–Kier alpha value is -8.54. The fraction of sp³-hybridized carbons (Fsp3) is 0.375. The highest BCUT2D eigenvalue weighted by Crippen LogP contribution is 2.23. The summed E-state index contributed by atoms with van der Waals surface area (Å²) in [6, 6.07) is 22.1. The summed E-state index contributed by atoms with van der Waals surface area (Å²) in [5.41, 5.74) is 19.3. The van der Waals surface area contributed by atoms with Crippen molar-refractivity contribution in [2.75, 3.05) is 13.1 Å². The first-order valence-corrected chi connectivity index (χ1v) is 25.9. The zero-order valence-corrected chi connectivity index (χ0v) is 43.8. The lowest BCUT2D eigenvalue weighted by atomic mass is 10.00. The Morgan fingerprint density at radius 2 is 1.00 bits per heavy atom. The number of hydrogen-bond donors (Lipinski definition) is 12. The SMILES string of the molecule is C[C@@H](O)[C@H](NC(=O)[C@H](CCCCN)NC(=O)[C@@H](Cc1cn(F)c2ccccc12)NC(=O)[C@H](Cc1ccccc1)NC(=O)[C@H](Cc1ccccc1)NC(=O)[C@@H](N)CC(N)=O)C(=O)N[C@@H](Cc1ccccc1)C(=O)NCCCC(=O)O. The smallest absolute Gasteiger partial charge is 0.303 e. The molecule has 8 amide bonds. The molecule has 0 spiro atoms. The fourth-order valence-corrected chi connectivity index (χ4v) is 8.64. The molecule has 5 aromatic rings. The number of hydrogen-bond acceptors (Lipinski definition) is 12. The molecule has 0 radical (unpaired) electrons. The number of nitrogens with one attached hydrogen (secondary N) is 7. The second-order valence-electron chi connectivity index (χ2n) is 19.1. The van der Waals surface area contributed by atoms with Gasteiger partial charge in [0.1, 0.15) is 36.3 Å². The Bertz CT molecular complexity index is 2860. The molecule has 0 unspecified atom stereocenters. The number of benzene rings is 4. The van der Waals surface area contributed by atoms with Crippen LogP contribution in [-0.4, -0.2) is 130 Å². The second kappa shape index (κ2) is 31.0. The first kappa shape index (κ1) is 61.3. The van der Waals surface area contributed by atoms with Crippen LogP contribution in [0.5, 0.6) is 0 Å². The van der Waals surface area contributed by atoms with Crippen LogP contribution in [0.4, 0.5) is 4.48 Å². The molecule has 15 N–H and O–H groups in total. The number of unbranched alkanes of at least 4 members (excludes halogenated alkanes) is 1. The number of carboxylic acids is 1. The van der Waals surface area contributed by atoms with Crippen molar-refractivity contribution in [2.45, 2.75) is 120 Å². The van der Waals surface area contributed by atoms with Gasteiger partial charge in [0.25, 0.3) is 0 Å². The van der Waals surface area contributed by atoms with E-state index in [2.05, 4.69) is 37.2 Å². The minimum absolute atomic E-state index is 0.0160. The van der Waals surface area contributed by atoms with Gasteiger partial charge in [0.2, 0.25) is 47.3 Å².